The molecule has 0 radical (unpaired) electrons. The molecule has 3 unspecified atom stereocenters. The quantitative estimate of drug-likeness (QED) is 0.597. The van der Waals surface area contributed by atoms with Gasteiger partial charge in [0.15, 0.2) is 0 Å². The molecule has 0 bridgehead atoms. The molecule has 0 aromatic heterocycles. The summed E-state index contributed by atoms with van der Waals surface area (Å²) < 4.78 is 12.0. The lowest BCUT2D eigenvalue weighted by molar-refractivity contribution is 0.317. The average Bonchev–Trinajstić information content (AvgIpc) is 3.23. The second-order valence-electron chi connectivity index (χ2n) is 7.88. The molecule has 2 heteroatoms. The van der Waals surface area contributed by atoms with Crippen molar-refractivity contribution in [1.29, 1.82) is 0 Å². The van der Waals surface area contributed by atoms with Gasteiger partial charge in [-0.25, -0.2) is 0 Å². The third-order valence-electron chi connectivity index (χ3n) is 4.90. The van der Waals surface area contributed by atoms with E-state index in [2.05, 4.69) is 60.6 Å². The molecular formula is C21H34O2. The van der Waals surface area contributed by atoms with Crippen LogP contribution in [-0.4, -0.2) is 18.8 Å². The van der Waals surface area contributed by atoms with Gasteiger partial charge in [-0.1, -0.05) is 52.3 Å². The van der Waals surface area contributed by atoms with Crippen molar-refractivity contribution < 1.29 is 9.47 Å². The van der Waals surface area contributed by atoms with E-state index in [1.165, 1.54) is 16.7 Å². The number of hydrogen-bond acceptors (Lipinski definition) is 2. The Morgan fingerprint density at radius 3 is 2.30 bits per heavy atom. The molecule has 0 spiro atoms. The smallest absolute Gasteiger partial charge is 0.126 e. The van der Waals surface area contributed by atoms with Crippen LogP contribution < -0.4 is 4.74 Å². The predicted molar refractivity (Wildman–Crippen MR) is 97.6 cm³/mol. The first-order chi connectivity index (χ1) is 10.8. The molecule has 23 heavy (non-hydrogen) atoms. The molecule has 1 saturated heterocycles. The van der Waals surface area contributed by atoms with Crippen LogP contribution >= 0.6 is 0 Å². The molecule has 0 N–H and O–H groups in total. The highest BCUT2D eigenvalue weighted by Crippen LogP contribution is 2.43. The maximum absolute atomic E-state index is 6.15. The fourth-order valence-corrected chi connectivity index (χ4v) is 3.51. The first kappa shape index (κ1) is 18.3. The molecule has 130 valence electrons. The lowest BCUT2D eigenvalue weighted by Crippen LogP contribution is -2.17. The largest absolute Gasteiger partial charge is 0.493 e. The highest BCUT2D eigenvalue weighted by molar-refractivity contribution is 5.49. The first-order valence-electron chi connectivity index (χ1n) is 9.25. The van der Waals surface area contributed by atoms with Gasteiger partial charge in [0.25, 0.3) is 0 Å². The van der Waals surface area contributed by atoms with Crippen molar-refractivity contribution in [3.63, 3.8) is 0 Å². The summed E-state index contributed by atoms with van der Waals surface area (Å²) in [6.07, 6.45) is 4.29. The normalized spacial score (nSPS) is 22.0. The highest BCUT2D eigenvalue weighted by atomic mass is 16.6. The van der Waals surface area contributed by atoms with E-state index in [0.717, 1.165) is 25.0 Å². The first-order valence-corrected chi connectivity index (χ1v) is 9.25. The molecule has 1 aromatic carbocycles. The number of rotatable bonds is 7. The third-order valence-corrected chi connectivity index (χ3v) is 4.90. The summed E-state index contributed by atoms with van der Waals surface area (Å²) in [5, 5.41) is 0. The molecule has 0 saturated carbocycles. The molecule has 0 aliphatic carbocycles. The summed E-state index contributed by atoms with van der Waals surface area (Å²) in [5.74, 6) is 1.63. The van der Waals surface area contributed by atoms with Crippen LogP contribution in [0.25, 0.3) is 0 Å². The lowest BCUT2D eigenvalue weighted by atomic mass is 9.80. The fourth-order valence-electron chi connectivity index (χ4n) is 3.51. The summed E-state index contributed by atoms with van der Waals surface area (Å²) >= 11 is 0. The van der Waals surface area contributed by atoms with Gasteiger partial charge in [-0.2, -0.15) is 0 Å². The van der Waals surface area contributed by atoms with Crippen molar-refractivity contribution in [1.82, 2.24) is 0 Å². The SMILES string of the molecule is CCOc1c(C(CC)CC2OC2CC)cc(C)cc1C(C)(C)C. The molecule has 2 nitrogen and oxygen atoms in total. The van der Waals surface area contributed by atoms with E-state index in [1.54, 1.807) is 0 Å². The molecule has 1 aromatic rings. The highest BCUT2D eigenvalue weighted by Gasteiger charge is 2.39. The molecule has 0 amide bonds. The monoisotopic (exact) mass is 318 g/mol. The Kier molecular flexibility index (Phi) is 5.78. The fraction of sp³-hybridized carbons (Fsp3) is 0.714. The van der Waals surface area contributed by atoms with Crippen LogP contribution in [0.2, 0.25) is 0 Å². The van der Waals surface area contributed by atoms with Crippen LogP contribution in [0.3, 0.4) is 0 Å². The minimum atomic E-state index is 0.0889. The van der Waals surface area contributed by atoms with E-state index in [4.69, 9.17) is 9.47 Å². The van der Waals surface area contributed by atoms with E-state index in [-0.39, 0.29) is 5.41 Å². The maximum Gasteiger partial charge on any atom is 0.126 e. The van der Waals surface area contributed by atoms with E-state index in [0.29, 0.717) is 24.7 Å². The minimum absolute atomic E-state index is 0.0889. The number of ether oxygens (including phenoxy) is 2. The zero-order chi connectivity index (χ0) is 17.2. The average molecular weight is 319 g/mol. The summed E-state index contributed by atoms with van der Waals surface area (Å²) in [6, 6.07) is 4.63. The summed E-state index contributed by atoms with van der Waals surface area (Å²) in [4.78, 5) is 0. The Morgan fingerprint density at radius 2 is 1.83 bits per heavy atom. The van der Waals surface area contributed by atoms with Gasteiger partial charge >= 0.3 is 0 Å². The van der Waals surface area contributed by atoms with E-state index in [9.17, 15) is 0 Å². The summed E-state index contributed by atoms with van der Waals surface area (Å²) in [6.45, 7) is 16.3. The molecule has 2 rings (SSSR count). The van der Waals surface area contributed by atoms with Gasteiger partial charge in [-0.05, 0) is 50.0 Å². The molecule has 1 aliphatic heterocycles. The van der Waals surface area contributed by atoms with Crippen LogP contribution in [0, 0.1) is 6.92 Å². The standard InChI is InChI=1S/C21H34O2/c1-8-15(13-19-18(9-2)23-19)16-11-14(4)12-17(21(5,6)7)20(16)22-10-3/h11-12,15,18-19H,8-10,13H2,1-7H3. The van der Waals surface area contributed by atoms with Crippen LogP contribution in [0.1, 0.15) is 83.4 Å². The van der Waals surface area contributed by atoms with Crippen molar-refractivity contribution in [3.05, 3.63) is 28.8 Å². The third kappa shape index (κ3) is 4.29. The molecule has 1 fully saturated rings. The van der Waals surface area contributed by atoms with Crippen molar-refractivity contribution in [2.45, 2.75) is 91.3 Å². The van der Waals surface area contributed by atoms with Crippen molar-refractivity contribution in [2.24, 2.45) is 0 Å². The van der Waals surface area contributed by atoms with Gasteiger partial charge in [0.05, 0.1) is 18.8 Å². The van der Waals surface area contributed by atoms with Gasteiger partial charge < -0.3 is 9.47 Å². The second-order valence-corrected chi connectivity index (χ2v) is 7.88. The van der Waals surface area contributed by atoms with Crippen LogP contribution in [-0.2, 0) is 10.2 Å². The molecule has 1 aliphatic rings. The van der Waals surface area contributed by atoms with Crippen molar-refractivity contribution in [3.8, 4) is 5.75 Å². The van der Waals surface area contributed by atoms with Crippen LogP contribution in [0.4, 0.5) is 0 Å². The maximum atomic E-state index is 6.15. The Morgan fingerprint density at radius 1 is 1.13 bits per heavy atom. The zero-order valence-electron chi connectivity index (χ0n) is 16.0. The van der Waals surface area contributed by atoms with E-state index < -0.39 is 0 Å². The Balaban J connectivity index is 2.40. The lowest BCUT2D eigenvalue weighted by Gasteiger charge is -2.28. The summed E-state index contributed by atoms with van der Waals surface area (Å²) in [7, 11) is 0. The Bertz CT molecular complexity index is 527. The van der Waals surface area contributed by atoms with Crippen LogP contribution in [0.5, 0.6) is 5.75 Å². The number of epoxide rings is 1. The molecular weight excluding hydrogens is 284 g/mol. The molecule has 3 atom stereocenters. The predicted octanol–water partition coefficient (Wildman–Crippen LogP) is 5.75. The number of benzene rings is 1. The Hall–Kier alpha value is -1.02. The van der Waals surface area contributed by atoms with Crippen LogP contribution in [0.15, 0.2) is 12.1 Å². The van der Waals surface area contributed by atoms with Crippen molar-refractivity contribution >= 4 is 0 Å². The zero-order valence-corrected chi connectivity index (χ0v) is 16.0. The van der Waals surface area contributed by atoms with Gasteiger partial charge in [-0.3, -0.25) is 0 Å². The second kappa shape index (κ2) is 7.25. The Labute approximate surface area is 142 Å². The van der Waals surface area contributed by atoms with Gasteiger partial charge in [0.1, 0.15) is 5.75 Å². The minimum Gasteiger partial charge on any atom is -0.493 e. The van der Waals surface area contributed by atoms with E-state index >= 15 is 0 Å². The number of aryl methyl sites for hydroxylation is 1. The van der Waals surface area contributed by atoms with Crippen molar-refractivity contribution in [2.75, 3.05) is 6.61 Å². The van der Waals surface area contributed by atoms with Gasteiger partial charge in [0.2, 0.25) is 0 Å². The van der Waals surface area contributed by atoms with Gasteiger partial charge in [-0.15, -0.1) is 0 Å². The van der Waals surface area contributed by atoms with E-state index in [1.807, 2.05) is 0 Å². The summed E-state index contributed by atoms with van der Waals surface area (Å²) in [5.41, 5.74) is 4.13. The molecule has 1 heterocycles. The number of hydrogen-bond donors (Lipinski definition) is 0. The topological polar surface area (TPSA) is 21.8 Å². The van der Waals surface area contributed by atoms with Gasteiger partial charge in [0, 0.05) is 5.56 Å².